The molecule has 1 aliphatic heterocycles. The molecule has 7 nitrogen and oxygen atoms in total. The van der Waals surface area contributed by atoms with E-state index in [0.29, 0.717) is 42.8 Å². The Morgan fingerprint density at radius 3 is 2.09 bits per heavy atom. The summed E-state index contributed by atoms with van der Waals surface area (Å²) in [5.74, 6) is -0.768. The molecule has 0 aliphatic carbocycles. The van der Waals surface area contributed by atoms with Crippen molar-refractivity contribution in [2.24, 2.45) is 5.41 Å². The molecule has 3 rings (SSSR count). The monoisotopic (exact) mass is 480 g/mol. The first kappa shape index (κ1) is 26.3. The lowest BCUT2D eigenvalue weighted by Crippen LogP contribution is -2.73. The minimum Gasteiger partial charge on any atom is -0.478 e. The Kier molecular flexibility index (Phi) is 7.88. The van der Waals surface area contributed by atoms with Gasteiger partial charge in [0.15, 0.2) is 6.23 Å². The number of ether oxygens (including phenoxy) is 1. The number of β-lactam (4-membered cyclic amide) rings is 1. The van der Waals surface area contributed by atoms with Crippen LogP contribution in [-0.2, 0) is 11.3 Å². The number of carboxylic acids is 1. The number of benzene rings is 2. The van der Waals surface area contributed by atoms with Crippen LogP contribution in [0.4, 0.5) is 4.79 Å². The second-order valence-corrected chi connectivity index (χ2v) is 9.44. The van der Waals surface area contributed by atoms with Gasteiger partial charge in [-0.05, 0) is 68.9 Å². The number of hydrogen-bond acceptors (Lipinski definition) is 4. The zero-order valence-electron chi connectivity index (χ0n) is 21.6. The van der Waals surface area contributed by atoms with Crippen LogP contribution in [0.5, 0.6) is 5.75 Å². The number of amides is 3. The number of nitrogens with zero attached hydrogens (tertiary/aromatic N) is 2. The first-order chi connectivity index (χ1) is 16.6. The normalized spacial score (nSPS) is 16.6. The third-order valence-corrected chi connectivity index (χ3v) is 7.05. The summed E-state index contributed by atoms with van der Waals surface area (Å²) in [5.41, 5.74) is 2.71. The maximum atomic E-state index is 13.7. The van der Waals surface area contributed by atoms with Crippen LogP contribution in [0, 0.1) is 26.2 Å². The van der Waals surface area contributed by atoms with Gasteiger partial charge >= 0.3 is 12.0 Å². The van der Waals surface area contributed by atoms with Crippen molar-refractivity contribution in [2.75, 3.05) is 6.54 Å². The maximum Gasteiger partial charge on any atom is 0.336 e. The minimum absolute atomic E-state index is 0.224. The molecule has 1 saturated heterocycles. The summed E-state index contributed by atoms with van der Waals surface area (Å²) < 4.78 is 6.31. The molecule has 1 N–H and O–H groups in total. The first-order valence-electron chi connectivity index (χ1n) is 12.3. The van der Waals surface area contributed by atoms with Crippen LogP contribution in [-0.4, -0.2) is 45.6 Å². The van der Waals surface area contributed by atoms with Crippen molar-refractivity contribution in [3.05, 3.63) is 64.2 Å². The average Bonchev–Trinajstić information content (AvgIpc) is 2.80. The van der Waals surface area contributed by atoms with Crippen LogP contribution in [0.15, 0.2) is 36.4 Å². The molecular formula is C28H36N2O5. The number of carbonyl (C=O) groups excluding carboxylic acids is 2. The smallest absolute Gasteiger partial charge is 0.336 e. The van der Waals surface area contributed by atoms with Crippen LogP contribution < -0.4 is 4.74 Å². The predicted molar refractivity (Wildman–Crippen MR) is 134 cm³/mol. The lowest BCUT2D eigenvalue weighted by molar-refractivity contribution is -0.192. The molecule has 7 heteroatoms. The van der Waals surface area contributed by atoms with Crippen LogP contribution >= 0.6 is 0 Å². The summed E-state index contributed by atoms with van der Waals surface area (Å²) in [4.78, 5) is 41.6. The summed E-state index contributed by atoms with van der Waals surface area (Å²) in [5, 5.41) is 9.49. The third kappa shape index (κ3) is 4.90. The minimum atomic E-state index is -0.995. The zero-order valence-corrected chi connectivity index (χ0v) is 21.6. The molecule has 2 aromatic rings. The molecule has 0 aromatic heterocycles. The number of urea groups is 1. The van der Waals surface area contributed by atoms with E-state index >= 15 is 0 Å². The van der Waals surface area contributed by atoms with E-state index in [9.17, 15) is 19.5 Å². The molecule has 1 aliphatic rings. The van der Waals surface area contributed by atoms with Crippen molar-refractivity contribution in [3.63, 3.8) is 0 Å². The topological polar surface area (TPSA) is 87.2 Å². The highest BCUT2D eigenvalue weighted by molar-refractivity contribution is 6.03. The summed E-state index contributed by atoms with van der Waals surface area (Å²) in [6.45, 7) is 12.2. The van der Waals surface area contributed by atoms with E-state index in [0.717, 1.165) is 17.5 Å². The van der Waals surface area contributed by atoms with E-state index in [-0.39, 0.29) is 17.5 Å². The highest BCUT2D eigenvalue weighted by atomic mass is 16.5. The summed E-state index contributed by atoms with van der Waals surface area (Å²) in [6.07, 6.45) is 1.07. The maximum absolute atomic E-state index is 13.7. The second kappa shape index (κ2) is 10.5. The fraction of sp³-hybridized carbons (Fsp3) is 0.464. The van der Waals surface area contributed by atoms with Gasteiger partial charge in [-0.25, -0.2) is 14.5 Å². The molecule has 35 heavy (non-hydrogen) atoms. The van der Waals surface area contributed by atoms with Crippen molar-refractivity contribution in [3.8, 4) is 5.75 Å². The summed E-state index contributed by atoms with van der Waals surface area (Å²) in [7, 11) is 0. The molecule has 1 atom stereocenters. The van der Waals surface area contributed by atoms with Crippen LogP contribution in [0.25, 0.3) is 0 Å². The molecule has 0 unspecified atom stereocenters. The van der Waals surface area contributed by atoms with E-state index in [1.165, 1.54) is 4.90 Å². The molecule has 3 amide bonds. The fourth-order valence-corrected chi connectivity index (χ4v) is 4.92. The molecule has 0 radical (unpaired) electrons. The van der Waals surface area contributed by atoms with E-state index in [4.69, 9.17) is 4.74 Å². The molecule has 0 bridgehead atoms. The number of hydrogen-bond donors (Lipinski definition) is 1. The Hall–Kier alpha value is -3.35. The van der Waals surface area contributed by atoms with E-state index < -0.39 is 17.6 Å². The number of aromatic carboxylic acids is 1. The van der Waals surface area contributed by atoms with Gasteiger partial charge in [0, 0.05) is 13.1 Å². The van der Waals surface area contributed by atoms with Gasteiger partial charge in [0.2, 0.25) is 5.91 Å². The standard InChI is InChI=1S/C28H36N2O5/c1-7-14-29(17-21-12-10-18(4)11-13-21)27(34)30-25(33)28(8-2,9-3)26(30)35-22-15-19(5)23(24(31)32)20(6)16-22/h10-13,15-16,26H,7-9,14,17H2,1-6H3,(H,31,32)/t26-/m0/s1. The van der Waals surface area contributed by atoms with Gasteiger partial charge in [-0.2, -0.15) is 0 Å². The molecular weight excluding hydrogens is 444 g/mol. The zero-order chi connectivity index (χ0) is 25.9. The number of carbonyl (C=O) groups is 3. The van der Waals surface area contributed by atoms with Crippen molar-refractivity contribution >= 4 is 17.9 Å². The third-order valence-electron chi connectivity index (χ3n) is 7.05. The van der Waals surface area contributed by atoms with Gasteiger partial charge in [-0.1, -0.05) is 50.6 Å². The summed E-state index contributed by atoms with van der Waals surface area (Å²) >= 11 is 0. The van der Waals surface area contributed by atoms with Gasteiger partial charge in [0.25, 0.3) is 0 Å². The van der Waals surface area contributed by atoms with Gasteiger partial charge in [0.1, 0.15) is 11.2 Å². The number of carboxylic acid groups (broad SMARTS) is 1. The molecule has 0 spiro atoms. The van der Waals surface area contributed by atoms with Crippen LogP contribution in [0.2, 0.25) is 0 Å². The first-order valence-corrected chi connectivity index (χ1v) is 12.3. The number of imide groups is 1. The fourth-order valence-electron chi connectivity index (χ4n) is 4.92. The van der Waals surface area contributed by atoms with Crippen LogP contribution in [0.3, 0.4) is 0 Å². The molecule has 0 saturated carbocycles. The number of aryl methyl sites for hydroxylation is 3. The van der Waals surface area contributed by atoms with Crippen molar-refractivity contribution in [1.29, 1.82) is 0 Å². The van der Waals surface area contributed by atoms with Gasteiger partial charge in [-0.15, -0.1) is 0 Å². The molecule has 1 fully saturated rings. The van der Waals surface area contributed by atoms with E-state index in [1.54, 1.807) is 30.9 Å². The summed E-state index contributed by atoms with van der Waals surface area (Å²) in [6, 6.07) is 11.0. The van der Waals surface area contributed by atoms with Gasteiger partial charge in [-0.3, -0.25) is 4.79 Å². The quantitative estimate of drug-likeness (QED) is 0.466. The Bertz CT molecular complexity index is 1080. The van der Waals surface area contributed by atoms with Crippen molar-refractivity contribution < 1.29 is 24.2 Å². The lowest BCUT2D eigenvalue weighted by Gasteiger charge is -2.54. The Balaban J connectivity index is 1.93. The van der Waals surface area contributed by atoms with E-state index in [1.807, 2.05) is 52.0 Å². The van der Waals surface area contributed by atoms with Gasteiger partial charge in [0.05, 0.1) is 5.56 Å². The average molecular weight is 481 g/mol. The molecule has 1 heterocycles. The Labute approximate surface area is 207 Å². The Morgan fingerprint density at radius 2 is 1.60 bits per heavy atom. The number of rotatable bonds is 9. The largest absolute Gasteiger partial charge is 0.478 e. The van der Waals surface area contributed by atoms with Crippen molar-refractivity contribution in [2.45, 2.75) is 73.6 Å². The SMILES string of the molecule is CCCN(Cc1ccc(C)cc1)C(=O)N1C(=O)C(CC)(CC)[C@@H]1Oc1cc(C)c(C(=O)O)c(C)c1. The lowest BCUT2D eigenvalue weighted by atomic mass is 9.72. The number of likely N-dealkylation sites (tertiary alicyclic amines) is 1. The highest BCUT2D eigenvalue weighted by Crippen LogP contribution is 2.46. The predicted octanol–water partition coefficient (Wildman–Crippen LogP) is 5.70. The van der Waals surface area contributed by atoms with Gasteiger partial charge < -0.3 is 14.7 Å². The molecule has 188 valence electrons. The second-order valence-electron chi connectivity index (χ2n) is 9.44. The van der Waals surface area contributed by atoms with Crippen molar-refractivity contribution in [1.82, 2.24) is 9.80 Å². The van der Waals surface area contributed by atoms with Crippen LogP contribution in [0.1, 0.15) is 72.6 Å². The van der Waals surface area contributed by atoms with E-state index in [2.05, 4.69) is 0 Å². The highest BCUT2D eigenvalue weighted by Gasteiger charge is 2.63. The molecule has 2 aromatic carbocycles. The Morgan fingerprint density at radius 1 is 1.03 bits per heavy atom.